The molecule has 8 N–H and O–H groups in total. The Hall–Kier alpha value is -2.69. The second-order valence-electron chi connectivity index (χ2n) is 9.23. The summed E-state index contributed by atoms with van der Waals surface area (Å²) in [6.07, 6.45) is 0.109. The summed E-state index contributed by atoms with van der Waals surface area (Å²) in [5, 5.41) is 16.7. The lowest BCUT2D eigenvalue weighted by Crippen LogP contribution is -2.59. The van der Waals surface area contributed by atoms with Crippen LogP contribution in [0.25, 0.3) is 0 Å². The zero-order chi connectivity index (χ0) is 25.2. The van der Waals surface area contributed by atoms with E-state index in [9.17, 15) is 29.1 Å². The van der Waals surface area contributed by atoms with E-state index in [-0.39, 0.29) is 18.3 Å². The number of carboxylic acid groups (broad SMARTS) is 1. The largest absolute Gasteiger partial charge is 0.480 e. The van der Waals surface area contributed by atoms with E-state index < -0.39 is 66.1 Å². The molecule has 0 saturated heterocycles. The minimum atomic E-state index is -1.32. The van der Waals surface area contributed by atoms with Crippen molar-refractivity contribution in [1.82, 2.24) is 16.0 Å². The van der Waals surface area contributed by atoms with E-state index in [1.807, 2.05) is 27.7 Å². The van der Waals surface area contributed by atoms with Crippen molar-refractivity contribution in [2.75, 3.05) is 0 Å². The maximum atomic E-state index is 12.8. The Kier molecular flexibility index (Phi) is 12.5. The van der Waals surface area contributed by atoms with Crippen LogP contribution in [0.1, 0.15) is 60.8 Å². The van der Waals surface area contributed by atoms with E-state index in [2.05, 4.69) is 16.0 Å². The number of aliphatic carboxylic acids is 1. The smallest absolute Gasteiger partial charge is 0.326 e. The van der Waals surface area contributed by atoms with E-state index in [0.717, 1.165) is 0 Å². The fourth-order valence-electron chi connectivity index (χ4n) is 3.05. The summed E-state index contributed by atoms with van der Waals surface area (Å²) in [7, 11) is 0. The molecule has 0 rings (SSSR count). The number of carbonyl (C=O) groups is 5. The van der Waals surface area contributed by atoms with Gasteiger partial charge in [-0.2, -0.15) is 0 Å². The van der Waals surface area contributed by atoms with Gasteiger partial charge in [0, 0.05) is 0 Å². The lowest BCUT2D eigenvalue weighted by Gasteiger charge is -2.27. The fourth-order valence-corrected chi connectivity index (χ4v) is 3.05. The Morgan fingerprint density at radius 1 is 0.750 bits per heavy atom. The Labute approximate surface area is 189 Å². The molecule has 11 heteroatoms. The van der Waals surface area contributed by atoms with Crippen molar-refractivity contribution in [3.05, 3.63) is 0 Å². The Morgan fingerprint density at radius 2 is 1.25 bits per heavy atom. The quantitative estimate of drug-likeness (QED) is 0.202. The average Bonchev–Trinajstić information content (AvgIpc) is 2.62. The standard InChI is InChI=1S/C21H39N5O6/c1-10(2)7-13(22)18(28)24-14(9-16(23)27)19(29)26-17(12(5)6)20(30)25-15(21(31)32)8-11(3)4/h10-15,17H,7-9,22H2,1-6H3,(H2,23,27)(H,24,28)(H,25,30)(H,26,29)(H,31,32). The van der Waals surface area contributed by atoms with E-state index in [4.69, 9.17) is 11.5 Å². The van der Waals surface area contributed by atoms with Crippen LogP contribution in [-0.4, -0.2) is 58.9 Å². The predicted molar refractivity (Wildman–Crippen MR) is 119 cm³/mol. The first-order valence-corrected chi connectivity index (χ1v) is 10.8. The van der Waals surface area contributed by atoms with Gasteiger partial charge in [-0.15, -0.1) is 0 Å². The highest BCUT2D eigenvalue weighted by atomic mass is 16.4. The predicted octanol–water partition coefficient (Wildman–Crippen LogP) is -0.524. The maximum absolute atomic E-state index is 12.8. The lowest BCUT2D eigenvalue weighted by atomic mass is 9.99. The first-order chi connectivity index (χ1) is 14.6. The second kappa shape index (κ2) is 13.7. The summed E-state index contributed by atoms with van der Waals surface area (Å²) in [5.74, 6) is -4.33. The average molecular weight is 458 g/mol. The SMILES string of the molecule is CC(C)CC(N)C(=O)NC(CC(N)=O)C(=O)NC(C(=O)NC(CC(C)C)C(=O)O)C(C)C. The Bertz CT molecular complexity index is 680. The van der Waals surface area contributed by atoms with Gasteiger partial charge in [-0.05, 0) is 30.6 Å². The van der Waals surface area contributed by atoms with Gasteiger partial charge in [-0.3, -0.25) is 19.2 Å². The van der Waals surface area contributed by atoms with Crippen molar-refractivity contribution in [1.29, 1.82) is 0 Å². The highest BCUT2D eigenvalue weighted by molar-refractivity contribution is 5.96. The van der Waals surface area contributed by atoms with Crippen molar-refractivity contribution >= 4 is 29.6 Å². The molecule has 11 nitrogen and oxygen atoms in total. The number of primary amides is 1. The number of amides is 4. The molecule has 0 saturated carbocycles. The molecule has 4 unspecified atom stereocenters. The number of rotatable bonds is 14. The molecule has 0 heterocycles. The van der Waals surface area contributed by atoms with Gasteiger partial charge in [0.2, 0.25) is 23.6 Å². The summed E-state index contributed by atoms with van der Waals surface area (Å²) in [6, 6.07) is -4.41. The molecule has 32 heavy (non-hydrogen) atoms. The second-order valence-corrected chi connectivity index (χ2v) is 9.23. The van der Waals surface area contributed by atoms with E-state index >= 15 is 0 Å². The van der Waals surface area contributed by atoms with Crippen LogP contribution >= 0.6 is 0 Å². The van der Waals surface area contributed by atoms with E-state index in [0.29, 0.717) is 6.42 Å². The van der Waals surface area contributed by atoms with Gasteiger partial charge in [0.1, 0.15) is 18.1 Å². The third-order valence-corrected chi connectivity index (χ3v) is 4.67. The van der Waals surface area contributed by atoms with Crippen molar-refractivity contribution in [2.24, 2.45) is 29.2 Å². The molecule has 0 fully saturated rings. The molecular weight excluding hydrogens is 418 g/mol. The van der Waals surface area contributed by atoms with E-state index in [1.165, 1.54) is 0 Å². The third kappa shape index (κ3) is 11.1. The number of hydrogen-bond acceptors (Lipinski definition) is 6. The molecule has 0 spiro atoms. The molecule has 0 aliphatic carbocycles. The van der Waals surface area contributed by atoms with Gasteiger partial charge in [0.05, 0.1) is 12.5 Å². The Morgan fingerprint density at radius 3 is 1.66 bits per heavy atom. The molecule has 4 atom stereocenters. The fraction of sp³-hybridized carbons (Fsp3) is 0.762. The molecule has 0 aliphatic rings. The minimum Gasteiger partial charge on any atom is -0.480 e. The molecular formula is C21H39N5O6. The van der Waals surface area contributed by atoms with Gasteiger partial charge in [0.25, 0.3) is 0 Å². The van der Waals surface area contributed by atoms with Crippen LogP contribution in [0.3, 0.4) is 0 Å². The zero-order valence-electron chi connectivity index (χ0n) is 19.8. The highest BCUT2D eigenvalue weighted by Crippen LogP contribution is 2.09. The summed E-state index contributed by atoms with van der Waals surface area (Å²) in [4.78, 5) is 60.8. The number of nitrogens with one attached hydrogen (secondary N) is 3. The summed E-state index contributed by atoms with van der Waals surface area (Å²) in [5.41, 5.74) is 11.1. The lowest BCUT2D eigenvalue weighted by molar-refractivity contribution is -0.143. The van der Waals surface area contributed by atoms with Gasteiger partial charge in [-0.1, -0.05) is 41.5 Å². The maximum Gasteiger partial charge on any atom is 0.326 e. The van der Waals surface area contributed by atoms with Crippen LogP contribution in [0.4, 0.5) is 0 Å². The van der Waals surface area contributed by atoms with Crippen LogP contribution < -0.4 is 27.4 Å². The summed E-state index contributed by atoms with van der Waals surface area (Å²) >= 11 is 0. The monoisotopic (exact) mass is 457 g/mol. The van der Waals surface area contributed by atoms with Crippen molar-refractivity contribution in [3.8, 4) is 0 Å². The number of hydrogen-bond donors (Lipinski definition) is 6. The highest BCUT2D eigenvalue weighted by Gasteiger charge is 2.32. The van der Waals surface area contributed by atoms with Crippen LogP contribution in [0.2, 0.25) is 0 Å². The van der Waals surface area contributed by atoms with Crippen LogP contribution in [-0.2, 0) is 24.0 Å². The van der Waals surface area contributed by atoms with Crippen LogP contribution in [0, 0.1) is 17.8 Å². The first-order valence-electron chi connectivity index (χ1n) is 10.8. The normalized spacial score (nSPS) is 15.1. The molecule has 0 aliphatic heterocycles. The topological polar surface area (TPSA) is 194 Å². The van der Waals surface area contributed by atoms with Crippen LogP contribution in [0.5, 0.6) is 0 Å². The molecule has 0 aromatic heterocycles. The van der Waals surface area contributed by atoms with Gasteiger partial charge in [0.15, 0.2) is 0 Å². The zero-order valence-corrected chi connectivity index (χ0v) is 19.8. The minimum absolute atomic E-state index is 0.0219. The first kappa shape index (κ1) is 29.3. The van der Waals surface area contributed by atoms with Crippen molar-refractivity contribution in [2.45, 2.75) is 85.0 Å². The van der Waals surface area contributed by atoms with Crippen molar-refractivity contribution < 1.29 is 29.1 Å². The molecule has 184 valence electrons. The number of nitrogens with two attached hydrogens (primary N) is 2. The van der Waals surface area contributed by atoms with Gasteiger partial charge in [-0.25, -0.2) is 4.79 Å². The molecule has 0 radical (unpaired) electrons. The van der Waals surface area contributed by atoms with E-state index in [1.54, 1.807) is 13.8 Å². The molecule has 0 bridgehead atoms. The third-order valence-electron chi connectivity index (χ3n) is 4.67. The summed E-state index contributed by atoms with van der Waals surface area (Å²) in [6.45, 7) is 10.8. The molecule has 0 aromatic carbocycles. The molecule has 0 aromatic rings. The number of carboxylic acids is 1. The van der Waals surface area contributed by atoms with Crippen LogP contribution in [0.15, 0.2) is 0 Å². The van der Waals surface area contributed by atoms with Gasteiger partial charge < -0.3 is 32.5 Å². The number of carbonyl (C=O) groups excluding carboxylic acids is 4. The van der Waals surface area contributed by atoms with Crippen molar-refractivity contribution in [3.63, 3.8) is 0 Å². The Balaban J connectivity index is 5.43. The molecule has 4 amide bonds. The van der Waals surface area contributed by atoms with Gasteiger partial charge >= 0.3 is 5.97 Å². The summed E-state index contributed by atoms with van der Waals surface area (Å²) < 4.78 is 0.